The van der Waals surface area contributed by atoms with E-state index in [0.717, 1.165) is 31.6 Å². The van der Waals surface area contributed by atoms with Gasteiger partial charge in [0.1, 0.15) is 6.10 Å². The van der Waals surface area contributed by atoms with Crippen LogP contribution in [0.5, 0.6) is 0 Å². The molecule has 1 aliphatic carbocycles. The highest BCUT2D eigenvalue weighted by molar-refractivity contribution is 8.22. The van der Waals surface area contributed by atoms with Gasteiger partial charge < -0.3 is 9.47 Å². The van der Waals surface area contributed by atoms with Gasteiger partial charge in [0.15, 0.2) is 0 Å². The van der Waals surface area contributed by atoms with Crippen LogP contribution in [-0.2, 0) is 14.3 Å². The third-order valence-corrected chi connectivity index (χ3v) is 5.28. The maximum absolute atomic E-state index is 14.5. The maximum Gasteiger partial charge on any atom is 0.344 e. The van der Waals surface area contributed by atoms with Gasteiger partial charge in [-0.15, -0.1) is 0 Å². The van der Waals surface area contributed by atoms with Crippen molar-refractivity contribution in [3.05, 3.63) is 0 Å². The topological polar surface area (TPSA) is 35.5 Å². The molecule has 128 valence electrons. The molecule has 0 radical (unpaired) electrons. The van der Waals surface area contributed by atoms with E-state index in [2.05, 4.69) is 6.92 Å². The van der Waals surface area contributed by atoms with Gasteiger partial charge in [0.2, 0.25) is 10.6 Å². The van der Waals surface area contributed by atoms with Crippen LogP contribution in [0.4, 0.5) is 4.39 Å². The fraction of sp³-hybridized carbons (Fsp3) is 0.875. The molecule has 1 aliphatic rings. The van der Waals surface area contributed by atoms with E-state index in [-0.39, 0.29) is 16.9 Å². The average Bonchev–Trinajstić information content (AvgIpc) is 2.53. The minimum absolute atomic E-state index is 0.0256. The summed E-state index contributed by atoms with van der Waals surface area (Å²) in [6, 6.07) is 0. The second kappa shape index (κ2) is 10.4. The maximum atomic E-state index is 14.5. The van der Waals surface area contributed by atoms with Crippen molar-refractivity contribution in [1.82, 2.24) is 0 Å². The summed E-state index contributed by atoms with van der Waals surface area (Å²) >= 11 is 6.32. The molecule has 0 heterocycles. The number of thioether (sulfide) groups is 1. The SMILES string of the molecule is CCCC1CCC(C(OC(=S)SC)C(F)C(=O)OCC)CC1. The molecule has 0 aromatic heterocycles. The first-order valence-electron chi connectivity index (χ1n) is 8.08. The number of hydrogen-bond donors (Lipinski definition) is 0. The van der Waals surface area contributed by atoms with Crippen LogP contribution in [-0.4, -0.2) is 35.5 Å². The first-order chi connectivity index (χ1) is 10.5. The van der Waals surface area contributed by atoms with Gasteiger partial charge in [-0.3, -0.25) is 0 Å². The normalized spacial score (nSPS) is 24.4. The summed E-state index contributed by atoms with van der Waals surface area (Å²) in [6.07, 6.45) is 5.51. The molecule has 0 amide bonds. The Hall–Kier alpha value is -0.360. The molecular formula is C16H27FO3S2. The van der Waals surface area contributed by atoms with Gasteiger partial charge in [-0.25, -0.2) is 9.18 Å². The van der Waals surface area contributed by atoms with Gasteiger partial charge in [0.05, 0.1) is 6.61 Å². The Morgan fingerprint density at radius 2 is 1.95 bits per heavy atom. The minimum atomic E-state index is -1.77. The van der Waals surface area contributed by atoms with Crippen LogP contribution >= 0.6 is 24.0 Å². The molecule has 0 aliphatic heterocycles. The summed E-state index contributed by atoms with van der Waals surface area (Å²) in [7, 11) is 0. The van der Waals surface area contributed by atoms with Crippen molar-refractivity contribution in [1.29, 1.82) is 0 Å². The number of thiocarbonyl (C=S) groups is 1. The molecule has 2 atom stereocenters. The minimum Gasteiger partial charge on any atom is -0.471 e. The van der Waals surface area contributed by atoms with Crippen LogP contribution < -0.4 is 0 Å². The lowest BCUT2D eigenvalue weighted by Gasteiger charge is -2.34. The number of ether oxygens (including phenoxy) is 2. The molecule has 0 aromatic rings. The number of esters is 1. The van der Waals surface area contributed by atoms with E-state index in [1.54, 1.807) is 13.2 Å². The van der Waals surface area contributed by atoms with Crippen LogP contribution in [0.2, 0.25) is 0 Å². The second-order valence-electron chi connectivity index (χ2n) is 5.76. The zero-order valence-electron chi connectivity index (χ0n) is 13.7. The Bertz CT molecular complexity index is 357. The summed E-state index contributed by atoms with van der Waals surface area (Å²) < 4.78 is 25.2. The van der Waals surface area contributed by atoms with Crippen LogP contribution in [0.1, 0.15) is 52.4 Å². The number of alkyl halides is 1. The largest absolute Gasteiger partial charge is 0.471 e. The van der Waals surface area contributed by atoms with Crippen molar-refractivity contribution in [2.75, 3.05) is 12.9 Å². The van der Waals surface area contributed by atoms with Crippen molar-refractivity contribution in [3.63, 3.8) is 0 Å². The van der Waals surface area contributed by atoms with Crippen molar-refractivity contribution in [3.8, 4) is 0 Å². The molecule has 0 spiro atoms. The summed E-state index contributed by atoms with van der Waals surface area (Å²) in [5, 5.41) is 0. The van der Waals surface area contributed by atoms with Crippen LogP contribution in [0.3, 0.4) is 0 Å². The summed E-state index contributed by atoms with van der Waals surface area (Å²) in [6.45, 7) is 4.03. The van der Waals surface area contributed by atoms with Gasteiger partial charge in [0.25, 0.3) is 0 Å². The molecule has 1 fully saturated rings. The zero-order valence-corrected chi connectivity index (χ0v) is 15.3. The number of hydrogen-bond acceptors (Lipinski definition) is 5. The smallest absolute Gasteiger partial charge is 0.344 e. The number of carbonyl (C=O) groups excluding carboxylic acids is 1. The predicted molar refractivity (Wildman–Crippen MR) is 92.9 cm³/mol. The monoisotopic (exact) mass is 350 g/mol. The highest BCUT2D eigenvalue weighted by Crippen LogP contribution is 2.36. The molecule has 22 heavy (non-hydrogen) atoms. The average molecular weight is 351 g/mol. The standard InChI is InChI=1S/C16H27FO3S2/c1-4-6-11-7-9-12(10-8-11)14(20-16(21)22-3)13(17)15(18)19-5-2/h11-14H,4-10H2,1-3H3. The van der Waals surface area contributed by atoms with E-state index in [4.69, 9.17) is 21.7 Å². The Morgan fingerprint density at radius 3 is 2.45 bits per heavy atom. The Kier molecular flexibility index (Phi) is 9.33. The lowest BCUT2D eigenvalue weighted by Crippen LogP contribution is -2.41. The van der Waals surface area contributed by atoms with Gasteiger partial charge in [-0.2, -0.15) is 0 Å². The highest BCUT2D eigenvalue weighted by atomic mass is 32.2. The first-order valence-corrected chi connectivity index (χ1v) is 9.72. The van der Waals surface area contributed by atoms with Gasteiger partial charge in [0, 0.05) is 0 Å². The Morgan fingerprint density at radius 1 is 1.32 bits per heavy atom. The zero-order chi connectivity index (χ0) is 16.5. The van der Waals surface area contributed by atoms with E-state index in [1.165, 1.54) is 24.6 Å². The van der Waals surface area contributed by atoms with Gasteiger partial charge in [-0.1, -0.05) is 44.4 Å². The summed E-state index contributed by atoms with van der Waals surface area (Å²) in [5.74, 6) is -0.0975. The van der Waals surface area contributed by atoms with Crippen molar-refractivity contribution < 1.29 is 18.7 Å². The molecule has 0 saturated heterocycles. The molecule has 1 saturated carbocycles. The molecule has 2 unspecified atom stereocenters. The number of rotatable bonds is 7. The van der Waals surface area contributed by atoms with Crippen LogP contribution in [0.15, 0.2) is 0 Å². The predicted octanol–water partition coefficient (Wildman–Crippen LogP) is 4.53. The fourth-order valence-corrected chi connectivity index (χ4v) is 3.44. The fourth-order valence-electron chi connectivity index (χ4n) is 3.12. The quantitative estimate of drug-likeness (QED) is 0.498. The van der Waals surface area contributed by atoms with Crippen molar-refractivity contribution >= 4 is 34.3 Å². The molecule has 1 rings (SSSR count). The van der Waals surface area contributed by atoms with E-state index in [9.17, 15) is 9.18 Å². The van der Waals surface area contributed by atoms with Crippen LogP contribution in [0, 0.1) is 11.8 Å². The second-order valence-corrected chi connectivity index (χ2v) is 7.17. The van der Waals surface area contributed by atoms with E-state index in [0.29, 0.717) is 0 Å². The van der Waals surface area contributed by atoms with Crippen LogP contribution in [0.25, 0.3) is 0 Å². The molecule has 0 bridgehead atoms. The molecular weight excluding hydrogens is 323 g/mol. The molecule has 3 nitrogen and oxygen atoms in total. The summed E-state index contributed by atoms with van der Waals surface area (Å²) in [4.78, 5) is 11.7. The molecule has 0 aromatic carbocycles. The number of halogens is 1. The van der Waals surface area contributed by atoms with Crippen molar-refractivity contribution in [2.45, 2.75) is 64.6 Å². The van der Waals surface area contributed by atoms with E-state index < -0.39 is 18.2 Å². The third kappa shape index (κ3) is 6.03. The molecule has 6 heteroatoms. The van der Waals surface area contributed by atoms with Gasteiger partial charge >= 0.3 is 5.97 Å². The Labute approximate surface area is 142 Å². The van der Waals surface area contributed by atoms with E-state index >= 15 is 0 Å². The van der Waals surface area contributed by atoms with E-state index in [1.807, 2.05) is 0 Å². The lowest BCUT2D eigenvalue weighted by molar-refractivity contribution is -0.154. The summed E-state index contributed by atoms with van der Waals surface area (Å²) in [5.41, 5.74) is 0. The number of carbonyl (C=O) groups is 1. The molecule has 0 N–H and O–H groups in total. The first kappa shape index (κ1) is 19.7. The van der Waals surface area contributed by atoms with Crippen molar-refractivity contribution in [2.24, 2.45) is 11.8 Å². The van der Waals surface area contributed by atoms with Gasteiger partial charge in [-0.05, 0) is 50.1 Å². The lowest BCUT2D eigenvalue weighted by atomic mass is 9.77. The Balaban J connectivity index is 2.69. The highest BCUT2D eigenvalue weighted by Gasteiger charge is 2.39. The third-order valence-electron chi connectivity index (χ3n) is 4.25.